The molecule has 0 atom stereocenters. The van der Waals surface area contributed by atoms with Crippen molar-refractivity contribution < 1.29 is 13.9 Å². The summed E-state index contributed by atoms with van der Waals surface area (Å²) in [6.07, 6.45) is 0.796. The molecule has 1 aromatic carbocycles. The minimum absolute atomic E-state index is 0.593. The Hall–Kier alpha value is -1.77. The highest BCUT2D eigenvalue weighted by atomic mass is 16.5. The van der Waals surface area contributed by atoms with Crippen LogP contribution in [0.1, 0.15) is 16.1 Å². The van der Waals surface area contributed by atoms with Gasteiger partial charge in [-0.25, -0.2) is 0 Å². The fraction of sp³-hybridized carbons (Fsp3) is 0.182. The van der Waals surface area contributed by atoms with Gasteiger partial charge in [-0.1, -0.05) is 0 Å². The highest BCUT2D eigenvalue weighted by Crippen LogP contribution is 2.29. The number of carbonyl (C=O) groups is 1. The minimum Gasteiger partial charge on any atom is -0.493 e. The summed E-state index contributed by atoms with van der Waals surface area (Å²) in [5.41, 5.74) is 1.28. The lowest BCUT2D eigenvalue weighted by atomic mass is 10.1. The van der Waals surface area contributed by atoms with Gasteiger partial charge in [0.05, 0.1) is 7.11 Å². The van der Waals surface area contributed by atoms with Gasteiger partial charge < -0.3 is 9.15 Å². The van der Waals surface area contributed by atoms with E-state index < -0.39 is 0 Å². The first-order chi connectivity index (χ1) is 6.74. The van der Waals surface area contributed by atoms with Crippen LogP contribution in [0.15, 0.2) is 22.6 Å². The van der Waals surface area contributed by atoms with Crippen molar-refractivity contribution in [1.82, 2.24) is 0 Å². The van der Waals surface area contributed by atoms with Crippen molar-refractivity contribution >= 4 is 17.3 Å². The number of hydrogen-bond acceptors (Lipinski definition) is 3. The number of methoxy groups -OCH3 is 1. The van der Waals surface area contributed by atoms with Crippen molar-refractivity contribution in [3.63, 3.8) is 0 Å². The summed E-state index contributed by atoms with van der Waals surface area (Å²) in [7, 11) is 1.56. The molecule has 3 nitrogen and oxygen atoms in total. The standard InChI is InChI=1S/C11H10O3/c1-7-3-9-4-8(6-12)5-10(13-2)11(9)14-7/h3-6H,1-2H3. The molecular formula is C11H10O3. The average Bonchev–Trinajstić information content (AvgIpc) is 2.56. The molecule has 72 valence electrons. The van der Waals surface area contributed by atoms with Gasteiger partial charge in [0.15, 0.2) is 11.3 Å². The SMILES string of the molecule is COc1cc(C=O)cc2cc(C)oc12. The lowest BCUT2D eigenvalue weighted by molar-refractivity contribution is 0.112. The van der Waals surface area contributed by atoms with Gasteiger partial charge in [0, 0.05) is 10.9 Å². The molecule has 0 fully saturated rings. The van der Waals surface area contributed by atoms with E-state index in [1.807, 2.05) is 13.0 Å². The second-order valence-electron chi connectivity index (χ2n) is 3.12. The van der Waals surface area contributed by atoms with E-state index in [9.17, 15) is 4.79 Å². The highest BCUT2D eigenvalue weighted by Gasteiger charge is 2.08. The average molecular weight is 190 g/mol. The fourth-order valence-corrected chi connectivity index (χ4v) is 1.49. The molecule has 1 aromatic heterocycles. The summed E-state index contributed by atoms with van der Waals surface area (Å²) in [4.78, 5) is 10.6. The molecule has 14 heavy (non-hydrogen) atoms. The maximum absolute atomic E-state index is 10.6. The van der Waals surface area contributed by atoms with Gasteiger partial charge in [0.1, 0.15) is 12.0 Å². The fourth-order valence-electron chi connectivity index (χ4n) is 1.49. The first-order valence-corrected chi connectivity index (χ1v) is 4.28. The van der Waals surface area contributed by atoms with E-state index in [0.29, 0.717) is 16.9 Å². The quantitative estimate of drug-likeness (QED) is 0.683. The van der Waals surface area contributed by atoms with Crippen LogP contribution in [0.2, 0.25) is 0 Å². The van der Waals surface area contributed by atoms with Crippen molar-refractivity contribution in [1.29, 1.82) is 0 Å². The monoisotopic (exact) mass is 190 g/mol. The topological polar surface area (TPSA) is 39.4 Å². The molecule has 2 aromatic rings. The molecule has 0 saturated carbocycles. The zero-order valence-corrected chi connectivity index (χ0v) is 8.03. The third-order valence-corrected chi connectivity index (χ3v) is 2.08. The Kier molecular flexibility index (Phi) is 2.00. The van der Waals surface area contributed by atoms with Crippen LogP contribution in [0.3, 0.4) is 0 Å². The number of fused-ring (bicyclic) bond motifs is 1. The first kappa shape index (κ1) is 8.81. The summed E-state index contributed by atoms with van der Waals surface area (Å²) in [5, 5.41) is 0.893. The van der Waals surface area contributed by atoms with E-state index in [1.165, 1.54) is 0 Å². The number of carbonyl (C=O) groups excluding carboxylic acids is 1. The molecule has 3 heteroatoms. The Morgan fingerprint density at radius 3 is 2.79 bits per heavy atom. The third kappa shape index (κ3) is 1.27. The van der Waals surface area contributed by atoms with Crippen molar-refractivity contribution in [3.05, 3.63) is 29.5 Å². The Bertz CT molecular complexity index is 482. The van der Waals surface area contributed by atoms with E-state index in [4.69, 9.17) is 9.15 Å². The maximum Gasteiger partial charge on any atom is 0.176 e. The number of rotatable bonds is 2. The zero-order chi connectivity index (χ0) is 10.1. The predicted octanol–water partition coefficient (Wildman–Crippen LogP) is 2.56. The second kappa shape index (κ2) is 3.18. The maximum atomic E-state index is 10.6. The highest BCUT2D eigenvalue weighted by molar-refractivity contribution is 5.90. The number of aryl methyl sites for hydroxylation is 1. The Labute approximate surface area is 81.3 Å². The lowest BCUT2D eigenvalue weighted by Crippen LogP contribution is -1.86. The molecule has 2 rings (SSSR count). The Balaban J connectivity index is 2.78. The second-order valence-corrected chi connectivity index (χ2v) is 3.12. The van der Waals surface area contributed by atoms with Gasteiger partial charge in [0.25, 0.3) is 0 Å². The smallest absolute Gasteiger partial charge is 0.176 e. The summed E-state index contributed by atoms with van der Waals surface area (Å²) in [5.74, 6) is 1.40. The zero-order valence-electron chi connectivity index (χ0n) is 8.03. The van der Waals surface area contributed by atoms with Crippen LogP contribution in [-0.4, -0.2) is 13.4 Å². The molecule has 0 aliphatic rings. The van der Waals surface area contributed by atoms with E-state index in [-0.39, 0.29) is 0 Å². The predicted molar refractivity (Wildman–Crippen MR) is 52.9 cm³/mol. The van der Waals surface area contributed by atoms with Gasteiger partial charge in [-0.2, -0.15) is 0 Å². The molecule has 0 N–H and O–H groups in total. The largest absolute Gasteiger partial charge is 0.493 e. The number of aldehydes is 1. The first-order valence-electron chi connectivity index (χ1n) is 4.28. The Morgan fingerprint density at radius 2 is 2.14 bits per heavy atom. The molecule has 0 bridgehead atoms. The molecule has 0 saturated heterocycles. The van der Waals surface area contributed by atoms with Crippen LogP contribution in [0, 0.1) is 6.92 Å². The van der Waals surface area contributed by atoms with Crippen LogP contribution >= 0.6 is 0 Å². The number of ether oxygens (including phenoxy) is 1. The van der Waals surface area contributed by atoms with Crippen LogP contribution < -0.4 is 4.74 Å². The van der Waals surface area contributed by atoms with E-state index in [2.05, 4.69) is 0 Å². The minimum atomic E-state index is 0.593. The van der Waals surface area contributed by atoms with E-state index in [0.717, 1.165) is 17.4 Å². The van der Waals surface area contributed by atoms with Crippen LogP contribution in [-0.2, 0) is 0 Å². The number of benzene rings is 1. The van der Waals surface area contributed by atoms with Crippen LogP contribution in [0.25, 0.3) is 11.0 Å². The molecule has 0 radical (unpaired) electrons. The molecule has 1 heterocycles. The van der Waals surface area contributed by atoms with Gasteiger partial charge in [-0.3, -0.25) is 4.79 Å². The van der Waals surface area contributed by atoms with Gasteiger partial charge >= 0.3 is 0 Å². The van der Waals surface area contributed by atoms with E-state index >= 15 is 0 Å². The number of furan rings is 1. The normalized spacial score (nSPS) is 10.4. The van der Waals surface area contributed by atoms with Crippen molar-refractivity contribution in [2.24, 2.45) is 0 Å². The molecule has 0 aliphatic heterocycles. The molecule has 0 amide bonds. The van der Waals surface area contributed by atoms with Gasteiger partial charge in [0.2, 0.25) is 0 Å². The summed E-state index contributed by atoms with van der Waals surface area (Å²) in [6, 6.07) is 5.32. The lowest BCUT2D eigenvalue weighted by Gasteiger charge is -2.00. The van der Waals surface area contributed by atoms with Gasteiger partial charge in [-0.15, -0.1) is 0 Å². The van der Waals surface area contributed by atoms with E-state index in [1.54, 1.807) is 19.2 Å². The molecule has 0 aliphatic carbocycles. The van der Waals surface area contributed by atoms with Crippen LogP contribution in [0.4, 0.5) is 0 Å². The summed E-state index contributed by atoms with van der Waals surface area (Å²) < 4.78 is 10.6. The Morgan fingerprint density at radius 1 is 1.36 bits per heavy atom. The van der Waals surface area contributed by atoms with Gasteiger partial charge in [-0.05, 0) is 25.1 Å². The van der Waals surface area contributed by atoms with Crippen LogP contribution in [0.5, 0.6) is 5.75 Å². The summed E-state index contributed by atoms with van der Waals surface area (Å²) in [6.45, 7) is 1.86. The summed E-state index contributed by atoms with van der Waals surface area (Å²) >= 11 is 0. The molecule has 0 spiro atoms. The van der Waals surface area contributed by atoms with Crippen molar-refractivity contribution in [3.8, 4) is 5.75 Å². The third-order valence-electron chi connectivity index (χ3n) is 2.08. The molecular weight excluding hydrogens is 180 g/mol. The van der Waals surface area contributed by atoms with Crippen molar-refractivity contribution in [2.75, 3.05) is 7.11 Å². The molecule has 0 unspecified atom stereocenters. The number of hydrogen-bond donors (Lipinski definition) is 0. The van der Waals surface area contributed by atoms with Crippen molar-refractivity contribution in [2.45, 2.75) is 6.92 Å².